The molecule has 0 spiro atoms. The van der Waals surface area contributed by atoms with Gasteiger partial charge in [0.15, 0.2) is 0 Å². The van der Waals surface area contributed by atoms with E-state index in [1.54, 1.807) is 0 Å². The summed E-state index contributed by atoms with van der Waals surface area (Å²) in [5.74, 6) is -0.482. The number of ketones is 1. The summed E-state index contributed by atoms with van der Waals surface area (Å²) < 4.78 is 0. The number of hydrogen-bond acceptors (Lipinski definition) is 3. The zero-order valence-electron chi connectivity index (χ0n) is 13.2. The fourth-order valence-corrected chi connectivity index (χ4v) is 3.77. The summed E-state index contributed by atoms with van der Waals surface area (Å²) in [6.45, 7) is 0.701. The van der Waals surface area contributed by atoms with Crippen LogP contribution < -0.4 is 10.6 Å². The highest BCUT2D eigenvalue weighted by atomic mass is 16.2. The van der Waals surface area contributed by atoms with E-state index in [9.17, 15) is 14.4 Å². The molecule has 0 aromatic carbocycles. The first kappa shape index (κ1) is 15.5. The van der Waals surface area contributed by atoms with E-state index in [1.165, 1.54) is 12.8 Å². The second-order valence-corrected chi connectivity index (χ2v) is 7.24. The van der Waals surface area contributed by atoms with E-state index in [-0.39, 0.29) is 17.6 Å². The fraction of sp³-hybridized carbons (Fsp3) is 0.824. The Morgan fingerprint density at radius 2 is 1.55 bits per heavy atom. The molecule has 3 saturated carbocycles. The van der Waals surface area contributed by atoms with Gasteiger partial charge in [0.1, 0.15) is 5.54 Å². The van der Waals surface area contributed by atoms with Crippen molar-refractivity contribution in [2.45, 2.75) is 69.7 Å². The minimum Gasteiger partial charge on any atom is -0.354 e. The van der Waals surface area contributed by atoms with Crippen molar-refractivity contribution in [2.24, 2.45) is 11.8 Å². The van der Waals surface area contributed by atoms with Gasteiger partial charge in [-0.2, -0.15) is 0 Å². The van der Waals surface area contributed by atoms with Gasteiger partial charge in [-0.1, -0.05) is 25.7 Å². The largest absolute Gasteiger partial charge is 0.354 e. The second kappa shape index (κ2) is 6.39. The van der Waals surface area contributed by atoms with E-state index < -0.39 is 11.4 Å². The molecular formula is C17H26N2O3. The van der Waals surface area contributed by atoms with E-state index >= 15 is 0 Å². The Balaban J connectivity index is 1.60. The first-order valence-corrected chi connectivity index (χ1v) is 8.75. The van der Waals surface area contributed by atoms with Crippen LogP contribution in [0.2, 0.25) is 0 Å². The van der Waals surface area contributed by atoms with Gasteiger partial charge in [0, 0.05) is 12.5 Å². The van der Waals surface area contributed by atoms with Crippen LogP contribution in [0.5, 0.6) is 0 Å². The van der Waals surface area contributed by atoms with Crippen LogP contribution >= 0.6 is 0 Å². The molecule has 22 heavy (non-hydrogen) atoms. The lowest BCUT2D eigenvalue weighted by Gasteiger charge is -2.29. The topological polar surface area (TPSA) is 75.3 Å². The summed E-state index contributed by atoms with van der Waals surface area (Å²) in [5.41, 5.74) is -0.847. The third-order valence-electron chi connectivity index (χ3n) is 5.44. The van der Waals surface area contributed by atoms with Crippen molar-refractivity contribution < 1.29 is 14.4 Å². The van der Waals surface area contributed by atoms with E-state index in [1.807, 2.05) is 0 Å². The van der Waals surface area contributed by atoms with Crippen LogP contribution in [0.4, 0.5) is 0 Å². The normalized spacial score (nSPS) is 24.2. The third kappa shape index (κ3) is 3.33. The highest BCUT2D eigenvalue weighted by molar-refractivity contribution is 6.37. The first-order valence-electron chi connectivity index (χ1n) is 8.75. The number of nitrogens with one attached hydrogen (secondary N) is 2. The van der Waals surface area contributed by atoms with Crippen molar-refractivity contribution in [1.29, 1.82) is 0 Å². The minimum atomic E-state index is -0.847. The molecule has 122 valence electrons. The number of rotatable bonds is 6. The van der Waals surface area contributed by atoms with E-state index in [4.69, 9.17) is 0 Å². The summed E-state index contributed by atoms with van der Waals surface area (Å²) in [4.78, 5) is 37.1. The number of carbonyl (C=O) groups excluding carboxylic acids is 3. The van der Waals surface area contributed by atoms with Crippen molar-refractivity contribution in [3.8, 4) is 0 Å². The van der Waals surface area contributed by atoms with Crippen LogP contribution in [0.1, 0.15) is 64.2 Å². The van der Waals surface area contributed by atoms with Crippen LogP contribution in [-0.2, 0) is 14.4 Å². The Hall–Kier alpha value is -1.39. The number of amides is 2. The molecule has 0 aromatic heterocycles. The highest BCUT2D eigenvalue weighted by Crippen LogP contribution is 2.32. The molecule has 0 unspecified atom stereocenters. The maximum absolute atomic E-state index is 12.5. The molecule has 0 atom stereocenters. The molecule has 0 heterocycles. The maximum atomic E-state index is 12.5. The summed E-state index contributed by atoms with van der Waals surface area (Å²) in [5, 5.41) is 5.79. The van der Waals surface area contributed by atoms with Gasteiger partial charge in [0.05, 0.1) is 0 Å². The van der Waals surface area contributed by atoms with Crippen molar-refractivity contribution >= 4 is 17.6 Å². The average molecular weight is 306 g/mol. The third-order valence-corrected chi connectivity index (χ3v) is 5.44. The SMILES string of the molecule is O=C(NC1(C(=O)NCC2CC2)CCCC1)C(=O)C1CCCC1. The lowest BCUT2D eigenvalue weighted by molar-refractivity contribution is -0.143. The monoisotopic (exact) mass is 306 g/mol. The Kier molecular flexibility index (Phi) is 4.50. The zero-order valence-corrected chi connectivity index (χ0v) is 13.2. The Morgan fingerprint density at radius 1 is 0.909 bits per heavy atom. The smallest absolute Gasteiger partial charge is 0.288 e. The second-order valence-electron chi connectivity index (χ2n) is 7.24. The lowest BCUT2D eigenvalue weighted by atomic mass is 9.94. The molecule has 2 N–H and O–H groups in total. The number of carbonyl (C=O) groups is 3. The van der Waals surface area contributed by atoms with Gasteiger partial charge in [-0.3, -0.25) is 14.4 Å². The van der Waals surface area contributed by atoms with E-state index in [0.717, 1.165) is 38.5 Å². The molecule has 5 nitrogen and oxygen atoms in total. The van der Waals surface area contributed by atoms with E-state index in [0.29, 0.717) is 25.3 Å². The molecule has 3 rings (SSSR count). The molecule has 3 aliphatic carbocycles. The summed E-state index contributed by atoms with van der Waals surface area (Å²) in [6, 6.07) is 0. The van der Waals surface area contributed by atoms with Crippen molar-refractivity contribution in [2.75, 3.05) is 6.54 Å². The van der Waals surface area contributed by atoms with Gasteiger partial charge in [-0.25, -0.2) is 0 Å². The van der Waals surface area contributed by atoms with Gasteiger partial charge < -0.3 is 10.6 Å². The Bertz CT molecular complexity index is 459. The summed E-state index contributed by atoms with van der Waals surface area (Å²) >= 11 is 0. The Morgan fingerprint density at radius 3 is 2.14 bits per heavy atom. The quantitative estimate of drug-likeness (QED) is 0.733. The van der Waals surface area contributed by atoms with Crippen molar-refractivity contribution in [3.05, 3.63) is 0 Å². The molecule has 0 bridgehead atoms. The van der Waals surface area contributed by atoms with Crippen molar-refractivity contribution in [1.82, 2.24) is 10.6 Å². The maximum Gasteiger partial charge on any atom is 0.288 e. The molecule has 0 aromatic rings. The van der Waals surface area contributed by atoms with Gasteiger partial charge in [-0.15, -0.1) is 0 Å². The summed E-state index contributed by atoms with van der Waals surface area (Å²) in [7, 11) is 0. The van der Waals surface area contributed by atoms with Gasteiger partial charge >= 0.3 is 0 Å². The highest BCUT2D eigenvalue weighted by Gasteiger charge is 2.44. The lowest BCUT2D eigenvalue weighted by Crippen LogP contribution is -2.59. The van der Waals surface area contributed by atoms with Crippen molar-refractivity contribution in [3.63, 3.8) is 0 Å². The summed E-state index contributed by atoms with van der Waals surface area (Å²) in [6.07, 6.45) is 9.18. The minimum absolute atomic E-state index is 0.0931. The van der Waals surface area contributed by atoms with Gasteiger partial charge in [0.25, 0.3) is 5.91 Å². The van der Waals surface area contributed by atoms with Gasteiger partial charge in [-0.05, 0) is 44.4 Å². The van der Waals surface area contributed by atoms with Crippen LogP contribution in [-0.4, -0.2) is 29.7 Å². The predicted molar refractivity (Wildman–Crippen MR) is 82.0 cm³/mol. The van der Waals surface area contributed by atoms with Crippen LogP contribution in [0.25, 0.3) is 0 Å². The number of hydrogen-bond donors (Lipinski definition) is 2. The van der Waals surface area contributed by atoms with Crippen LogP contribution in [0, 0.1) is 11.8 Å². The molecular weight excluding hydrogens is 280 g/mol. The number of Topliss-reactive ketones (excluding diaryl/α,β-unsaturated/α-hetero) is 1. The molecule has 2 amide bonds. The fourth-order valence-electron chi connectivity index (χ4n) is 3.77. The molecule has 5 heteroatoms. The molecule has 3 fully saturated rings. The predicted octanol–water partition coefficient (Wildman–Crippen LogP) is 1.70. The molecule has 0 radical (unpaired) electrons. The molecule has 0 aliphatic heterocycles. The standard InChI is InChI=1S/C17H26N2O3/c20-14(13-5-1-2-6-13)15(21)19-17(9-3-4-10-17)16(22)18-11-12-7-8-12/h12-13H,1-11H2,(H,18,22)(H,19,21). The zero-order chi connectivity index (χ0) is 15.6. The van der Waals surface area contributed by atoms with Crippen LogP contribution in [0.3, 0.4) is 0 Å². The molecule has 3 aliphatic rings. The average Bonchev–Trinajstić information content (AvgIpc) is 3.00. The molecule has 0 saturated heterocycles. The van der Waals surface area contributed by atoms with Crippen LogP contribution in [0.15, 0.2) is 0 Å². The first-order chi connectivity index (χ1) is 10.6. The Labute approximate surface area is 131 Å². The van der Waals surface area contributed by atoms with E-state index in [2.05, 4.69) is 10.6 Å². The van der Waals surface area contributed by atoms with Gasteiger partial charge in [0.2, 0.25) is 11.7 Å².